The van der Waals surface area contributed by atoms with Gasteiger partial charge in [-0.1, -0.05) is 13.8 Å². The Hall–Kier alpha value is -0.120. The Bertz CT molecular complexity index is 79.1. The van der Waals surface area contributed by atoms with Gasteiger partial charge in [0.05, 0.1) is 5.54 Å². The fraction of sp³-hybridized carbons (Fsp3) is 1.00. The van der Waals surface area contributed by atoms with E-state index >= 15 is 0 Å². The zero-order valence-corrected chi connectivity index (χ0v) is 6.09. The quantitative estimate of drug-likeness (QED) is 0.465. The van der Waals surface area contributed by atoms with E-state index in [9.17, 15) is 0 Å². The first kappa shape index (κ1) is 8.88. The molecule has 0 fully saturated rings. The molecule has 0 rings (SSSR count). The van der Waals surface area contributed by atoms with Crippen LogP contribution in [0.15, 0.2) is 0 Å². The van der Waals surface area contributed by atoms with Crippen LogP contribution in [0.1, 0.15) is 26.7 Å². The van der Waals surface area contributed by atoms with Crippen molar-refractivity contribution in [2.75, 3.05) is 0 Å². The Morgan fingerprint density at radius 2 is 1.78 bits per heavy atom. The van der Waals surface area contributed by atoms with Gasteiger partial charge in [0.15, 0.2) is 0 Å². The predicted molar refractivity (Wildman–Crippen MR) is 37.7 cm³/mol. The van der Waals surface area contributed by atoms with Crippen LogP contribution in [-0.4, -0.2) is 16.9 Å². The molecule has 0 bridgehead atoms. The maximum atomic E-state index is 8.92. The van der Waals surface area contributed by atoms with Crippen molar-refractivity contribution in [1.29, 1.82) is 0 Å². The molecule has 0 spiro atoms. The molecule has 3 nitrogen and oxygen atoms in total. The molecule has 9 heavy (non-hydrogen) atoms. The summed E-state index contributed by atoms with van der Waals surface area (Å²) in [6.07, 6.45) is 0.523. The highest BCUT2D eigenvalue weighted by Gasteiger charge is 2.26. The monoisotopic (exact) mass is 132 g/mol. The summed E-state index contributed by atoms with van der Waals surface area (Å²) in [6.45, 7) is 3.83. The molecule has 5 N–H and O–H groups in total. The standard InChI is InChI=1S/C6H16N2O/c1-3-6(8,4-2)5(7)9/h5,9H,3-4,7-8H2,1-2H3. The van der Waals surface area contributed by atoms with E-state index in [1.54, 1.807) is 0 Å². The minimum Gasteiger partial charge on any atom is -0.377 e. The third-order valence-corrected chi connectivity index (χ3v) is 1.91. The van der Waals surface area contributed by atoms with E-state index in [0.29, 0.717) is 12.8 Å². The van der Waals surface area contributed by atoms with E-state index in [1.165, 1.54) is 0 Å². The topological polar surface area (TPSA) is 72.3 Å². The lowest BCUT2D eigenvalue weighted by Crippen LogP contribution is -2.54. The summed E-state index contributed by atoms with van der Waals surface area (Å²) < 4.78 is 0. The third-order valence-electron chi connectivity index (χ3n) is 1.91. The highest BCUT2D eigenvalue weighted by Crippen LogP contribution is 2.12. The van der Waals surface area contributed by atoms with E-state index in [1.807, 2.05) is 13.8 Å². The average Bonchev–Trinajstić information content (AvgIpc) is 1.86. The molecule has 0 amide bonds. The Kier molecular flexibility index (Phi) is 3.11. The maximum absolute atomic E-state index is 8.92. The first-order valence-corrected chi connectivity index (χ1v) is 3.29. The van der Waals surface area contributed by atoms with E-state index in [0.717, 1.165) is 0 Å². The summed E-state index contributed by atoms with van der Waals surface area (Å²) in [6, 6.07) is 0. The van der Waals surface area contributed by atoms with Crippen LogP contribution in [0, 0.1) is 0 Å². The number of aliphatic hydroxyl groups excluding tert-OH is 1. The van der Waals surface area contributed by atoms with E-state index in [2.05, 4.69) is 0 Å². The lowest BCUT2D eigenvalue weighted by atomic mass is 9.93. The van der Waals surface area contributed by atoms with Crippen LogP contribution < -0.4 is 11.5 Å². The molecule has 0 aromatic carbocycles. The van der Waals surface area contributed by atoms with Crippen LogP contribution >= 0.6 is 0 Å². The largest absolute Gasteiger partial charge is 0.377 e. The summed E-state index contributed by atoms with van der Waals surface area (Å²) in [4.78, 5) is 0. The van der Waals surface area contributed by atoms with Gasteiger partial charge in [-0.25, -0.2) is 0 Å². The predicted octanol–water partition coefficient (Wildman–Crippen LogP) is -0.219. The number of aliphatic hydroxyl groups is 1. The molecule has 0 saturated heterocycles. The minimum atomic E-state index is -0.896. The van der Waals surface area contributed by atoms with Gasteiger partial charge >= 0.3 is 0 Å². The summed E-state index contributed by atoms with van der Waals surface area (Å²) in [7, 11) is 0. The molecule has 1 unspecified atom stereocenters. The van der Waals surface area contributed by atoms with Gasteiger partial charge in [0, 0.05) is 0 Å². The first-order valence-electron chi connectivity index (χ1n) is 3.29. The van der Waals surface area contributed by atoms with E-state index in [4.69, 9.17) is 16.6 Å². The number of hydrogen-bond donors (Lipinski definition) is 3. The Labute approximate surface area is 56.0 Å². The van der Waals surface area contributed by atoms with Crippen molar-refractivity contribution in [2.24, 2.45) is 11.5 Å². The zero-order valence-electron chi connectivity index (χ0n) is 6.09. The number of rotatable bonds is 3. The molecule has 0 aromatic heterocycles. The molecule has 0 saturated carbocycles. The summed E-state index contributed by atoms with van der Waals surface area (Å²) >= 11 is 0. The molecular formula is C6H16N2O. The van der Waals surface area contributed by atoms with Gasteiger partial charge in [-0.15, -0.1) is 0 Å². The molecule has 0 aliphatic carbocycles. The molecule has 0 radical (unpaired) electrons. The summed E-state index contributed by atoms with van der Waals surface area (Å²) in [5.74, 6) is 0. The van der Waals surface area contributed by atoms with Crippen LogP contribution in [0.4, 0.5) is 0 Å². The number of hydrogen-bond acceptors (Lipinski definition) is 3. The third kappa shape index (κ3) is 1.93. The lowest BCUT2D eigenvalue weighted by molar-refractivity contribution is 0.0840. The van der Waals surface area contributed by atoms with Crippen molar-refractivity contribution in [3.05, 3.63) is 0 Å². The highest BCUT2D eigenvalue weighted by atomic mass is 16.3. The van der Waals surface area contributed by atoms with Gasteiger partial charge in [-0.3, -0.25) is 0 Å². The highest BCUT2D eigenvalue weighted by molar-refractivity contribution is 4.85. The van der Waals surface area contributed by atoms with Crippen molar-refractivity contribution in [1.82, 2.24) is 0 Å². The second-order valence-corrected chi connectivity index (χ2v) is 2.39. The van der Waals surface area contributed by atoms with Gasteiger partial charge in [0.2, 0.25) is 0 Å². The van der Waals surface area contributed by atoms with Gasteiger partial charge in [-0.2, -0.15) is 0 Å². The van der Waals surface area contributed by atoms with Crippen molar-refractivity contribution < 1.29 is 5.11 Å². The van der Waals surface area contributed by atoms with Crippen LogP contribution in [0.5, 0.6) is 0 Å². The fourth-order valence-electron chi connectivity index (χ4n) is 0.668. The van der Waals surface area contributed by atoms with E-state index < -0.39 is 11.8 Å². The molecule has 0 aliphatic rings. The second kappa shape index (κ2) is 3.15. The van der Waals surface area contributed by atoms with Gasteiger partial charge in [0.25, 0.3) is 0 Å². The number of nitrogens with two attached hydrogens (primary N) is 2. The molecule has 0 aromatic rings. The molecule has 56 valence electrons. The Morgan fingerprint density at radius 3 is 1.78 bits per heavy atom. The van der Waals surface area contributed by atoms with Crippen molar-refractivity contribution >= 4 is 0 Å². The molecule has 1 atom stereocenters. The van der Waals surface area contributed by atoms with Gasteiger partial charge < -0.3 is 16.6 Å². The fourth-order valence-corrected chi connectivity index (χ4v) is 0.668. The van der Waals surface area contributed by atoms with Crippen LogP contribution in [0.2, 0.25) is 0 Å². The molecule has 0 aliphatic heterocycles. The lowest BCUT2D eigenvalue weighted by Gasteiger charge is -2.29. The second-order valence-electron chi connectivity index (χ2n) is 2.39. The van der Waals surface area contributed by atoms with Crippen molar-refractivity contribution in [2.45, 2.75) is 38.5 Å². The minimum absolute atomic E-state index is 0.583. The smallest absolute Gasteiger partial charge is 0.120 e. The molecule has 3 heteroatoms. The van der Waals surface area contributed by atoms with Crippen LogP contribution in [0.3, 0.4) is 0 Å². The summed E-state index contributed by atoms with van der Waals surface area (Å²) in [5.41, 5.74) is 10.3. The van der Waals surface area contributed by atoms with Crippen molar-refractivity contribution in [3.8, 4) is 0 Å². The van der Waals surface area contributed by atoms with Gasteiger partial charge in [0.1, 0.15) is 6.23 Å². The van der Waals surface area contributed by atoms with Crippen LogP contribution in [-0.2, 0) is 0 Å². The molecule has 0 heterocycles. The first-order chi connectivity index (χ1) is 4.06. The Balaban J connectivity index is 3.92. The van der Waals surface area contributed by atoms with Crippen LogP contribution in [0.25, 0.3) is 0 Å². The summed E-state index contributed by atoms with van der Waals surface area (Å²) in [5, 5.41) is 8.92. The van der Waals surface area contributed by atoms with Gasteiger partial charge in [-0.05, 0) is 12.8 Å². The maximum Gasteiger partial charge on any atom is 0.120 e. The Morgan fingerprint density at radius 1 is 1.44 bits per heavy atom. The van der Waals surface area contributed by atoms with Crippen molar-refractivity contribution in [3.63, 3.8) is 0 Å². The van der Waals surface area contributed by atoms with E-state index in [-0.39, 0.29) is 0 Å². The zero-order chi connectivity index (χ0) is 7.49. The SMILES string of the molecule is CCC(N)(CC)C(N)O. The average molecular weight is 132 g/mol. The molecular weight excluding hydrogens is 116 g/mol. The normalized spacial score (nSPS) is 15.7.